The summed E-state index contributed by atoms with van der Waals surface area (Å²) in [6.07, 6.45) is -0.160. The SMILES string of the molecule is Clc1cccc(-c2c(Cl)nc(C3CSCCO3)nc2Cl)c1. The van der Waals surface area contributed by atoms with Crippen LogP contribution in [-0.4, -0.2) is 28.1 Å². The number of thioether (sulfide) groups is 1. The Kier molecular flexibility index (Phi) is 4.92. The zero-order valence-electron chi connectivity index (χ0n) is 10.9. The van der Waals surface area contributed by atoms with Crippen molar-refractivity contribution in [2.75, 3.05) is 18.1 Å². The molecule has 1 saturated heterocycles. The summed E-state index contributed by atoms with van der Waals surface area (Å²) in [5.74, 6) is 2.32. The van der Waals surface area contributed by atoms with E-state index in [1.165, 1.54) is 0 Å². The predicted octanol–water partition coefficient (Wildman–Crippen LogP) is 4.91. The Morgan fingerprint density at radius 2 is 1.90 bits per heavy atom. The van der Waals surface area contributed by atoms with Crippen LogP contribution >= 0.6 is 46.6 Å². The van der Waals surface area contributed by atoms with Crippen LogP contribution in [0.25, 0.3) is 11.1 Å². The molecule has 0 spiro atoms. The number of hydrogen-bond acceptors (Lipinski definition) is 4. The molecule has 0 N–H and O–H groups in total. The van der Waals surface area contributed by atoms with E-state index in [9.17, 15) is 0 Å². The molecule has 1 aliphatic heterocycles. The van der Waals surface area contributed by atoms with E-state index < -0.39 is 0 Å². The minimum absolute atomic E-state index is 0.160. The molecule has 3 nitrogen and oxygen atoms in total. The van der Waals surface area contributed by atoms with Crippen LogP contribution in [0.2, 0.25) is 15.3 Å². The van der Waals surface area contributed by atoms with Gasteiger partial charge < -0.3 is 4.74 Å². The minimum atomic E-state index is -0.160. The van der Waals surface area contributed by atoms with Gasteiger partial charge in [0.05, 0.1) is 12.2 Å². The van der Waals surface area contributed by atoms with Crippen LogP contribution in [0.5, 0.6) is 0 Å². The number of rotatable bonds is 2. The maximum atomic E-state index is 6.30. The molecule has 0 saturated carbocycles. The van der Waals surface area contributed by atoms with Crippen LogP contribution in [0.4, 0.5) is 0 Å². The summed E-state index contributed by atoms with van der Waals surface area (Å²) < 4.78 is 5.65. The fourth-order valence-corrected chi connectivity index (χ4v) is 3.74. The Labute approximate surface area is 142 Å². The first-order chi connectivity index (χ1) is 10.1. The van der Waals surface area contributed by atoms with Gasteiger partial charge in [-0.1, -0.05) is 46.9 Å². The van der Waals surface area contributed by atoms with E-state index in [-0.39, 0.29) is 6.10 Å². The second-order valence-corrected chi connectivity index (χ2v) is 6.79. The van der Waals surface area contributed by atoms with Crippen molar-refractivity contribution >= 4 is 46.6 Å². The molecule has 2 heterocycles. The van der Waals surface area contributed by atoms with E-state index in [1.807, 2.05) is 12.1 Å². The highest BCUT2D eigenvalue weighted by atomic mass is 35.5. The van der Waals surface area contributed by atoms with Gasteiger partial charge in [-0.2, -0.15) is 11.8 Å². The normalized spacial score (nSPS) is 18.7. The highest BCUT2D eigenvalue weighted by molar-refractivity contribution is 7.99. The fourth-order valence-electron chi connectivity index (χ4n) is 2.09. The summed E-state index contributed by atoms with van der Waals surface area (Å²) in [7, 11) is 0. The summed E-state index contributed by atoms with van der Waals surface area (Å²) >= 11 is 20.4. The zero-order valence-corrected chi connectivity index (χ0v) is 13.9. The van der Waals surface area contributed by atoms with Crippen molar-refractivity contribution in [2.24, 2.45) is 0 Å². The van der Waals surface area contributed by atoms with Gasteiger partial charge in [-0.15, -0.1) is 0 Å². The van der Waals surface area contributed by atoms with Gasteiger partial charge in [0.25, 0.3) is 0 Å². The van der Waals surface area contributed by atoms with Gasteiger partial charge in [-0.3, -0.25) is 0 Å². The molecule has 1 aliphatic rings. The summed E-state index contributed by atoms with van der Waals surface area (Å²) in [6.45, 7) is 0.685. The van der Waals surface area contributed by atoms with Crippen molar-refractivity contribution in [2.45, 2.75) is 6.10 Å². The number of aromatic nitrogens is 2. The molecular formula is C14H11Cl3N2OS. The molecule has 1 aromatic carbocycles. The van der Waals surface area contributed by atoms with Gasteiger partial charge in [0, 0.05) is 16.5 Å². The number of nitrogens with zero attached hydrogens (tertiary/aromatic N) is 2. The summed E-state index contributed by atoms with van der Waals surface area (Å²) in [4.78, 5) is 8.70. The van der Waals surface area contributed by atoms with E-state index in [4.69, 9.17) is 39.5 Å². The third-order valence-electron chi connectivity index (χ3n) is 3.06. The molecule has 0 bridgehead atoms. The molecular weight excluding hydrogens is 351 g/mol. The molecule has 1 atom stereocenters. The van der Waals surface area contributed by atoms with Crippen LogP contribution in [0.1, 0.15) is 11.9 Å². The fraction of sp³-hybridized carbons (Fsp3) is 0.286. The molecule has 1 aromatic heterocycles. The molecule has 110 valence electrons. The molecule has 1 fully saturated rings. The average Bonchev–Trinajstić information content (AvgIpc) is 2.47. The van der Waals surface area contributed by atoms with Crippen LogP contribution in [0.15, 0.2) is 24.3 Å². The number of hydrogen-bond donors (Lipinski definition) is 0. The summed E-state index contributed by atoms with van der Waals surface area (Å²) in [6, 6.07) is 7.27. The van der Waals surface area contributed by atoms with Gasteiger partial charge >= 0.3 is 0 Å². The lowest BCUT2D eigenvalue weighted by atomic mass is 10.1. The van der Waals surface area contributed by atoms with E-state index in [0.717, 1.165) is 17.1 Å². The molecule has 0 amide bonds. The van der Waals surface area contributed by atoms with Crippen molar-refractivity contribution in [3.05, 3.63) is 45.4 Å². The van der Waals surface area contributed by atoms with Crippen molar-refractivity contribution in [3.8, 4) is 11.1 Å². The van der Waals surface area contributed by atoms with Crippen molar-refractivity contribution in [3.63, 3.8) is 0 Å². The lowest BCUT2D eigenvalue weighted by Gasteiger charge is -2.21. The second-order valence-electron chi connectivity index (χ2n) is 4.48. The van der Waals surface area contributed by atoms with Crippen LogP contribution in [-0.2, 0) is 4.74 Å². The van der Waals surface area contributed by atoms with Gasteiger partial charge in [-0.25, -0.2) is 9.97 Å². The number of halogens is 3. The largest absolute Gasteiger partial charge is 0.368 e. The molecule has 0 radical (unpaired) electrons. The zero-order chi connectivity index (χ0) is 14.8. The lowest BCUT2D eigenvalue weighted by molar-refractivity contribution is 0.0694. The first kappa shape index (κ1) is 15.4. The monoisotopic (exact) mass is 360 g/mol. The third-order valence-corrected chi connectivity index (χ3v) is 4.83. The molecule has 0 aliphatic carbocycles. The topological polar surface area (TPSA) is 35.0 Å². The Morgan fingerprint density at radius 1 is 1.14 bits per heavy atom. The number of benzene rings is 1. The van der Waals surface area contributed by atoms with Crippen molar-refractivity contribution < 1.29 is 4.74 Å². The molecule has 7 heteroatoms. The maximum absolute atomic E-state index is 6.30. The Bertz CT molecular complexity index is 639. The van der Waals surface area contributed by atoms with E-state index >= 15 is 0 Å². The smallest absolute Gasteiger partial charge is 0.161 e. The standard InChI is InChI=1S/C14H11Cl3N2OS/c15-9-3-1-2-8(6-9)11-12(16)18-14(19-13(11)17)10-7-21-5-4-20-10/h1-3,6,10H,4-5,7H2. The lowest BCUT2D eigenvalue weighted by Crippen LogP contribution is -2.18. The first-order valence-corrected chi connectivity index (χ1v) is 8.62. The third kappa shape index (κ3) is 3.46. The van der Waals surface area contributed by atoms with E-state index in [1.54, 1.807) is 23.9 Å². The van der Waals surface area contributed by atoms with Crippen LogP contribution < -0.4 is 0 Å². The molecule has 2 aromatic rings. The van der Waals surface area contributed by atoms with Gasteiger partial charge in [0.15, 0.2) is 5.82 Å². The Hall–Kier alpha value is -0.520. The van der Waals surface area contributed by atoms with Gasteiger partial charge in [0.2, 0.25) is 0 Å². The highest BCUT2D eigenvalue weighted by Gasteiger charge is 2.22. The number of ether oxygens (including phenoxy) is 1. The van der Waals surface area contributed by atoms with Crippen molar-refractivity contribution in [1.29, 1.82) is 0 Å². The molecule has 3 rings (SSSR count). The molecule has 1 unspecified atom stereocenters. The average molecular weight is 362 g/mol. The van der Waals surface area contributed by atoms with Crippen LogP contribution in [0, 0.1) is 0 Å². The first-order valence-electron chi connectivity index (χ1n) is 6.33. The van der Waals surface area contributed by atoms with Gasteiger partial charge in [0.1, 0.15) is 16.4 Å². The summed E-state index contributed by atoms with van der Waals surface area (Å²) in [5, 5.41) is 1.23. The quantitative estimate of drug-likeness (QED) is 0.712. The van der Waals surface area contributed by atoms with E-state index in [0.29, 0.717) is 33.3 Å². The molecule has 21 heavy (non-hydrogen) atoms. The van der Waals surface area contributed by atoms with Crippen LogP contribution in [0.3, 0.4) is 0 Å². The second kappa shape index (κ2) is 6.71. The van der Waals surface area contributed by atoms with E-state index in [2.05, 4.69) is 9.97 Å². The Balaban J connectivity index is 2.00. The van der Waals surface area contributed by atoms with Gasteiger partial charge in [-0.05, 0) is 17.7 Å². The Morgan fingerprint density at radius 3 is 2.52 bits per heavy atom. The van der Waals surface area contributed by atoms with Crippen molar-refractivity contribution in [1.82, 2.24) is 9.97 Å². The summed E-state index contributed by atoms with van der Waals surface area (Å²) in [5.41, 5.74) is 1.39. The minimum Gasteiger partial charge on any atom is -0.368 e. The highest BCUT2D eigenvalue weighted by Crippen LogP contribution is 2.35. The predicted molar refractivity (Wildman–Crippen MR) is 88.5 cm³/mol. The maximum Gasteiger partial charge on any atom is 0.161 e.